The lowest BCUT2D eigenvalue weighted by Gasteiger charge is -2.30. The van der Waals surface area contributed by atoms with Gasteiger partial charge in [0.15, 0.2) is 9.84 Å². The fraction of sp³-hybridized carbons (Fsp3) is 0.273. The topological polar surface area (TPSA) is 102 Å². The summed E-state index contributed by atoms with van der Waals surface area (Å²) in [4.78, 5) is 25.3. The van der Waals surface area contributed by atoms with Crippen LogP contribution in [0.15, 0.2) is 64.7 Å². The number of esters is 1. The van der Waals surface area contributed by atoms with E-state index in [1.807, 2.05) is 26.0 Å². The fourth-order valence-electron chi connectivity index (χ4n) is 3.34. The molecule has 158 valence electrons. The summed E-state index contributed by atoms with van der Waals surface area (Å²) < 4.78 is 31.2. The van der Waals surface area contributed by atoms with Gasteiger partial charge in [-0.1, -0.05) is 42.0 Å². The molecule has 2 amide bonds. The van der Waals surface area contributed by atoms with E-state index in [4.69, 9.17) is 4.74 Å². The van der Waals surface area contributed by atoms with Crippen molar-refractivity contribution >= 4 is 21.8 Å². The van der Waals surface area contributed by atoms with Gasteiger partial charge in [-0.25, -0.2) is 18.0 Å². The van der Waals surface area contributed by atoms with Gasteiger partial charge in [0.1, 0.15) is 0 Å². The number of nitrogens with one attached hydrogen (secondary N) is 2. The van der Waals surface area contributed by atoms with Crippen LogP contribution in [0.1, 0.15) is 29.7 Å². The van der Waals surface area contributed by atoms with Gasteiger partial charge in [-0.05, 0) is 44.0 Å². The summed E-state index contributed by atoms with van der Waals surface area (Å²) in [5, 5.41) is 5.23. The highest BCUT2D eigenvalue weighted by Gasteiger charge is 2.36. The van der Waals surface area contributed by atoms with Crippen molar-refractivity contribution in [3.05, 3.63) is 76.5 Å². The number of rotatable bonds is 6. The van der Waals surface area contributed by atoms with Crippen LogP contribution in [0.3, 0.4) is 0 Å². The molecule has 1 aliphatic rings. The Morgan fingerprint density at radius 3 is 2.37 bits per heavy atom. The number of benzene rings is 2. The molecule has 0 fully saturated rings. The highest BCUT2D eigenvalue weighted by Crippen LogP contribution is 2.31. The maximum atomic E-state index is 13.0. The minimum Gasteiger partial charge on any atom is -0.463 e. The second kappa shape index (κ2) is 8.71. The second-order valence-electron chi connectivity index (χ2n) is 7.07. The van der Waals surface area contributed by atoms with Crippen molar-refractivity contribution in [1.29, 1.82) is 0 Å². The van der Waals surface area contributed by atoms with Crippen LogP contribution in [-0.2, 0) is 19.4 Å². The monoisotopic (exact) mass is 428 g/mol. The van der Waals surface area contributed by atoms with Crippen LogP contribution in [0.4, 0.5) is 4.79 Å². The Kier molecular flexibility index (Phi) is 6.26. The highest BCUT2D eigenvalue weighted by atomic mass is 32.2. The SMILES string of the molecule is CCOC(=O)C1=C(CS(=O)(=O)c2ccc(C)cc2)NC(=O)N[C@@H]1c1ccccc1C. The molecular weight excluding hydrogens is 404 g/mol. The number of carbonyl (C=O) groups is 2. The summed E-state index contributed by atoms with van der Waals surface area (Å²) in [6.07, 6.45) is 0. The van der Waals surface area contributed by atoms with E-state index in [1.54, 1.807) is 31.2 Å². The third-order valence-electron chi connectivity index (χ3n) is 4.86. The third-order valence-corrected chi connectivity index (χ3v) is 6.52. The molecule has 0 saturated heterocycles. The molecule has 2 aromatic rings. The van der Waals surface area contributed by atoms with Crippen molar-refractivity contribution < 1.29 is 22.7 Å². The molecule has 8 heteroatoms. The quantitative estimate of drug-likeness (QED) is 0.689. The summed E-state index contributed by atoms with van der Waals surface area (Å²) in [6.45, 7) is 5.50. The van der Waals surface area contributed by atoms with Gasteiger partial charge in [0.2, 0.25) is 0 Å². The number of hydrogen-bond acceptors (Lipinski definition) is 5. The first-order chi connectivity index (χ1) is 14.2. The zero-order valence-corrected chi connectivity index (χ0v) is 17.9. The summed E-state index contributed by atoms with van der Waals surface area (Å²) in [5.41, 5.74) is 2.58. The summed E-state index contributed by atoms with van der Waals surface area (Å²) in [5.74, 6) is -1.20. The van der Waals surface area contributed by atoms with E-state index in [-0.39, 0.29) is 22.8 Å². The molecule has 7 nitrogen and oxygen atoms in total. The zero-order valence-electron chi connectivity index (χ0n) is 17.1. The molecule has 1 heterocycles. The third kappa shape index (κ3) is 4.54. The average Bonchev–Trinajstić information content (AvgIpc) is 2.68. The maximum absolute atomic E-state index is 13.0. The number of hydrogen-bond donors (Lipinski definition) is 2. The van der Waals surface area contributed by atoms with E-state index in [1.165, 1.54) is 12.1 Å². The Hall–Kier alpha value is -3.13. The van der Waals surface area contributed by atoms with Gasteiger partial charge in [-0.2, -0.15) is 0 Å². The highest BCUT2D eigenvalue weighted by molar-refractivity contribution is 7.91. The molecule has 0 spiro atoms. The molecule has 30 heavy (non-hydrogen) atoms. The molecule has 0 bridgehead atoms. The summed E-state index contributed by atoms with van der Waals surface area (Å²) in [7, 11) is -3.81. The largest absolute Gasteiger partial charge is 0.463 e. The van der Waals surface area contributed by atoms with Crippen LogP contribution in [-0.4, -0.2) is 32.8 Å². The normalized spacial score (nSPS) is 16.6. The average molecular weight is 429 g/mol. The van der Waals surface area contributed by atoms with Gasteiger partial charge >= 0.3 is 12.0 Å². The van der Waals surface area contributed by atoms with E-state index in [0.29, 0.717) is 5.56 Å². The molecule has 0 radical (unpaired) electrons. The van der Waals surface area contributed by atoms with Crippen LogP contribution in [0.5, 0.6) is 0 Å². The van der Waals surface area contributed by atoms with E-state index in [2.05, 4.69) is 10.6 Å². The number of carbonyl (C=O) groups excluding carboxylic acids is 2. The van der Waals surface area contributed by atoms with Gasteiger partial charge in [0.05, 0.1) is 28.9 Å². The number of urea groups is 1. The van der Waals surface area contributed by atoms with Crippen molar-refractivity contribution in [3.8, 4) is 0 Å². The number of amides is 2. The first-order valence-corrected chi connectivity index (χ1v) is 11.2. The van der Waals surface area contributed by atoms with Crippen molar-refractivity contribution in [2.24, 2.45) is 0 Å². The van der Waals surface area contributed by atoms with Crippen molar-refractivity contribution in [2.45, 2.75) is 31.7 Å². The smallest absolute Gasteiger partial charge is 0.338 e. The van der Waals surface area contributed by atoms with Gasteiger partial charge in [0, 0.05) is 5.70 Å². The maximum Gasteiger partial charge on any atom is 0.338 e. The van der Waals surface area contributed by atoms with Gasteiger partial charge in [-0.15, -0.1) is 0 Å². The molecule has 0 aromatic heterocycles. The number of ether oxygens (including phenoxy) is 1. The molecule has 0 unspecified atom stereocenters. The van der Waals surface area contributed by atoms with Crippen molar-refractivity contribution in [1.82, 2.24) is 10.6 Å². The minimum absolute atomic E-state index is 0.0195. The first-order valence-electron chi connectivity index (χ1n) is 9.55. The zero-order chi connectivity index (χ0) is 21.9. The van der Waals surface area contributed by atoms with Crippen LogP contribution in [0.2, 0.25) is 0 Å². The Morgan fingerprint density at radius 2 is 1.73 bits per heavy atom. The lowest BCUT2D eigenvalue weighted by atomic mass is 9.92. The molecule has 2 aromatic carbocycles. The van der Waals surface area contributed by atoms with Crippen molar-refractivity contribution in [2.75, 3.05) is 12.4 Å². The predicted molar refractivity (Wildman–Crippen MR) is 112 cm³/mol. The molecule has 2 N–H and O–H groups in total. The van der Waals surface area contributed by atoms with E-state index in [9.17, 15) is 18.0 Å². The van der Waals surface area contributed by atoms with Crippen LogP contribution in [0, 0.1) is 13.8 Å². The number of aryl methyl sites for hydroxylation is 2. The fourth-order valence-corrected chi connectivity index (χ4v) is 4.67. The molecule has 1 aliphatic heterocycles. The predicted octanol–water partition coefficient (Wildman–Crippen LogP) is 2.95. The molecule has 3 rings (SSSR count). The first kappa shape index (κ1) is 21.6. The lowest BCUT2D eigenvalue weighted by molar-refractivity contribution is -0.139. The van der Waals surface area contributed by atoms with Crippen LogP contribution < -0.4 is 10.6 Å². The lowest BCUT2D eigenvalue weighted by Crippen LogP contribution is -2.47. The molecule has 1 atom stereocenters. The Bertz CT molecular complexity index is 1100. The minimum atomic E-state index is -3.81. The van der Waals surface area contributed by atoms with E-state index >= 15 is 0 Å². The van der Waals surface area contributed by atoms with E-state index in [0.717, 1.165) is 11.1 Å². The number of sulfone groups is 1. The van der Waals surface area contributed by atoms with Gasteiger partial charge in [0.25, 0.3) is 0 Å². The van der Waals surface area contributed by atoms with Gasteiger partial charge in [-0.3, -0.25) is 0 Å². The Morgan fingerprint density at radius 1 is 1.07 bits per heavy atom. The summed E-state index contributed by atoms with van der Waals surface area (Å²) in [6, 6.07) is 12.3. The van der Waals surface area contributed by atoms with Gasteiger partial charge < -0.3 is 15.4 Å². The second-order valence-corrected chi connectivity index (χ2v) is 9.06. The molecule has 0 aliphatic carbocycles. The van der Waals surface area contributed by atoms with Crippen molar-refractivity contribution in [3.63, 3.8) is 0 Å². The van der Waals surface area contributed by atoms with Crippen LogP contribution in [0.25, 0.3) is 0 Å². The standard InChI is InChI=1S/C22H24N2O5S/c1-4-29-21(25)19-18(13-30(27,28)16-11-9-14(2)10-12-16)23-22(26)24-20(19)17-8-6-5-7-15(17)3/h5-12,20H,4,13H2,1-3H3,(H2,23,24,26)/t20-/m1/s1. The Labute approximate surface area is 176 Å². The Balaban J connectivity index is 2.11. The van der Waals surface area contributed by atoms with Crippen LogP contribution >= 0.6 is 0 Å². The molecule has 0 saturated carbocycles. The summed E-state index contributed by atoms with van der Waals surface area (Å²) >= 11 is 0. The van der Waals surface area contributed by atoms with E-state index < -0.39 is 33.6 Å². The molecular formula is C22H24N2O5S.